The fraction of sp³-hybridized carbons (Fsp3) is 0.111. The lowest BCUT2D eigenvalue weighted by Gasteiger charge is -2.14. The molecule has 0 saturated carbocycles. The second-order valence-electron chi connectivity index (χ2n) is 5.25. The number of anilines is 3. The highest BCUT2D eigenvalue weighted by Crippen LogP contribution is 2.31. The molecule has 0 bridgehead atoms. The zero-order valence-electron chi connectivity index (χ0n) is 13.3. The van der Waals surface area contributed by atoms with Crippen LogP contribution in [0, 0.1) is 11.6 Å². The van der Waals surface area contributed by atoms with Crippen LogP contribution in [0.5, 0.6) is 0 Å². The number of carbonyl (C=O) groups excluding carboxylic acids is 1. The van der Waals surface area contributed by atoms with E-state index in [0.717, 1.165) is 12.1 Å². The number of halogens is 2. The Morgan fingerprint density at radius 1 is 1.24 bits per heavy atom. The third-order valence-electron chi connectivity index (χ3n) is 3.63. The van der Waals surface area contributed by atoms with Crippen LogP contribution in [0.4, 0.5) is 25.8 Å². The third kappa shape index (κ3) is 3.21. The fourth-order valence-electron chi connectivity index (χ4n) is 2.51. The zero-order chi connectivity index (χ0) is 18.0. The molecule has 5 nitrogen and oxygen atoms in total. The Hall–Kier alpha value is -3.22. The van der Waals surface area contributed by atoms with E-state index in [9.17, 15) is 13.6 Å². The Kier molecular flexibility index (Phi) is 4.47. The summed E-state index contributed by atoms with van der Waals surface area (Å²) in [6.45, 7) is 1.92. The second-order valence-corrected chi connectivity index (χ2v) is 5.25. The van der Waals surface area contributed by atoms with Crippen LogP contribution in [0.25, 0.3) is 10.9 Å². The van der Waals surface area contributed by atoms with E-state index in [-0.39, 0.29) is 28.8 Å². The molecule has 0 aliphatic rings. The lowest BCUT2D eigenvalue weighted by atomic mass is 10.1. The molecule has 0 aliphatic carbocycles. The van der Waals surface area contributed by atoms with Crippen LogP contribution in [0.15, 0.2) is 42.6 Å². The van der Waals surface area contributed by atoms with Gasteiger partial charge in [-0.2, -0.15) is 0 Å². The molecule has 25 heavy (non-hydrogen) atoms. The maximum Gasteiger partial charge on any atom is 0.340 e. The smallest absolute Gasteiger partial charge is 0.340 e. The van der Waals surface area contributed by atoms with Crippen molar-refractivity contribution in [2.24, 2.45) is 0 Å². The Morgan fingerprint density at radius 2 is 2.04 bits per heavy atom. The van der Waals surface area contributed by atoms with Crippen molar-refractivity contribution in [2.45, 2.75) is 6.92 Å². The molecule has 2 aromatic carbocycles. The number of nitrogen functional groups attached to an aromatic ring is 1. The molecular formula is C18H15F2N3O2. The maximum atomic E-state index is 14.2. The number of nitrogens with zero attached hydrogens (tertiary/aromatic N) is 1. The van der Waals surface area contributed by atoms with Crippen molar-refractivity contribution in [3.8, 4) is 0 Å². The van der Waals surface area contributed by atoms with Crippen LogP contribution < -0.4 is 11.1 Å². The molecule has 0 unspecified atom stereocenters. The largest absolute Gasteiger partial charge is 0.462 e. The van der Waals surface area contributed by atoms with Gasteiger partial charge in [-0.1, -0.05) is 6.07 Å². The number of rotatable bonds is 4. The van der Waals surface area contributed by atoms with Crippen LogP contribution in [-0.2, 0) is 4.74 Å². The van der Waals surface area contributed by atoms with Crippen LogP contribution in [0.3, 0.4) is 0 Å². The molecular weight excluding hydrogens is 328 g/mol. The first-order chi connectivity index (χ1) is 12.0. The SMILES string of the molecule is CCOC(=O)c1cccc(Nc2ccnc3cc(F)cc(F)c23)c1N. The monoisotopic (exact) mass is 343 g/mol. The molecule has 0 fully saturated rings. The van der Waals surface area contributed by atoms with Crippen molar-refractivity contribution >= 4 is 33.9 Å². The second kappa shape index (κ2) is 6.72. The highest BCUT2D eigenvalue weighted by Gasteiger charge is 2.15. The van der Waals surface area contributed by atoms with E-state index < -0.39 is 17.6 Å². The van der Waals surface area contributed by atoms with Gasteiger partial charge in [-0.15, -0.1) is 0 Å². The summed E-state index contributed by atoms with van der Waals surface area (Å²) in [5.74, 6) is -2.00. The quantitative estimate of drug-likeness (QED) is 0.553. The third-order valence-corrected chi connectivity index (χ3v) is 3.63. The Labute approximate surface area is 142 Å². The summed E-state index contributed by atoms with van der Waals surface area (Å²) < 4.78 is 32.5. The normalized spacial score (nSPS) is 10.7. The molecule has 0 saturated heterocycles. The standard InChI is InChI=1S/C18H15F2N3O2/c1-2-25-18(24)11-4-3-5-14(17(11)21)23-13-6-7-22-15-9-10(19)8-12(20)16(13)15/h3-9H,2,21H2,1H3,(H,22,23). The van der Waals surface area contributed by atoms with Crippen LogP contribution in [0.1, 0.15) is 17.3 Å². The summed E-state index contributed by atoms with van der Waals surface area (Å²) in [4.78, 5) is 15.9. The Bertz CT molecular complexity index is 960. The van der Waals surface area contributed by atoms with Gasteiger partial charge in [0.15, 0.2) is 0 Å². The molecule has 128 valence electrons. The Morgan fingerprint density at radius 3 is 2.80 bits per heavy atom. The number of benzene rings is 2. The van der Waals surface area contributed by atoms with E-state index in [1.807, 2.05) is 0 Å². The summed E-state index contributed by atoms with van der Waals surface area (Å²) in [5.41, 5.74) is 7.35. The van der Waals surface area contributed by atoms with Gasteiger partial charge in [0.2, 0.25) is 0 Å². The molecule has 0 spiro atoms. The minimum Gasteiger partial charge on any atom is -0.462 e. The summed E-state index contributed by atoms with van der Waals surface area (Å²) in [6.07, 6.45) is 1.43. The highest BCUT2D eigenvalue weighted by molar-refractivity contribution is 6.00. The predicted molar refractivity (Wildman–Crippen MR) is 91.8 cm³/mol. The number of esters is 1. The van der Waals surface area contributed by atoms with E-state index >= 15 is 0 Å². The van der Waals surface area contributed by atoms with E-state index in [4.69, 9.17) is 10.5 Å². The highest BCUT2D eigenvalue weighted by atomic mass is 19.1. The first kappa shape index (κ1) is 16.6. The average Bonchev–Trinajstić information content (AvgIpc) is 2.56. The number of para-hydroxylation sites is 1. The Balaban J connectivity index is 2.05. The molecule has 3 N–H and O–H groups in total. The van der Waals surface area contributed by atoms with Crippen molar-refractivity contribution in [2.75, 3.05) is 17.7 Å². The van der Waals surface area contributed by atoms with E-state index in [2.05, 4.69) is 10.3 Å². The first-order valence-corrected chi connectivity index (χ1v) is 7.57. The lowest BCUT2D eigenvalue weighted by molar-refractivity contribution is 0.0527. The van der Waals surface area contributed by atoms with E-state index in [1.165, 1.54) is 6.20 Å². The topological polar surface area (TPSA) is 77.2 Å². The number of nitrogens with two attached hydrogens (primary N) is 1. The maximum absolute atomic E-state index is 14.2. The van der Waals surface area contributed by atoms with Crippen molar-refractivity contribution in [1.29, 1.82) is 0 Å². The van der Waals surface area contributed by atoms with Gasteiger partial charge in [0.25, 0.3) is 0 Å². The van der Waals surface area contributed by atoms with Gasteiger partial charge in [0.1, 0.15) is 11.6 Å². The fourth-order valence-corrected chi connectivity index (χ4v) is 2.51. The molecule has 0 radical (unpaired) electrons. The van der Waals surface area contributed by atoms with Gasteiger partial charge in [-0.05, 0) is 25.1 Å². The predicted octanol–water partition coefficient (Wildman–Crippen LogP) is 4.02. The molecule has 7 heteroatoms. The average molecular weight is 343 g/mol. The summed E-state index contributed by atoms with van der Waals surface area (Å²) in [7, 11) is 0. The van der Waals surface area contributed by atoms with Gasteiger partial charge in [0.05, 0.1) is 40.1 Å². The molecule has 0 aliphatic heterocycles. The zero-order valence-corrected chi connectivity index (χ0v) is 13.3. The number of carbonyl (C=O) groups is 1. The molecule has 3 aromatic rings. The van der Waals surface area contributed by atoms with Crippen molar-refractivity contribution in [3.05, 3.63) is 59.8 Å². The molecule has 3 rings (SSSR count). The summed E-state index contributed by atoms with van der Waals surface area (Å²) in [5, 5.41) is 3.11. The van der Waals surface area contributed by atoms with Gasteiger partial charge in [-0.3, -0.25) is 4.98 Å². The van der Waals surface area contributed by atoms with Gasteiger partial charge >= 0.3 is 5.97 Å². The van der Waals surface area contributed by atoms with Crippen LogP contribution in [-0.4, -0.2) is 17.6 Å². The number of hydrogen-bond donors (Lipinski definition) is 2. The first-order valence-electron chi connectivity index (χ1n) is 7.57. The number of aromatic nitrogens is 1. The number of hydrogen-bond acceptors (Lipinski definition) is 5. The number of pyridine rings is 1. The van der Waals surface area contributed by atoms with Crippen LogP contribution in [0.2, 0.25) is 0 Å². The lowest BCUT2D eigenvalue weighted by Crippen LogP contribution is -2.09. The summed E-state index contributed by atoms with van der Waals surface area (Å²) in [6, 6.07) is 8.28. The number of ether oxygens (including phenoxy) is 1. The van der Waals surface area contributed by atoms with Gasteiger partial charge in [0, 0.05) is 18.3 Å². The van der Waals surface area contributed by atoms with Crippen LogP contribution >= 0.6 is 0 Å². The van der Waals surface area contributed by atoms with E-state index in [0.29, 0.717) is 11.4 Å². The molecule has 0 atom stereocenters. The van der Waals surface area contributed by atoms with Crippen molar-refractivity contribution < 1.29 is 18.3 Å². The van der Waals surface area contributed by atoms with E-state index in [1.54, 1.807) is 31.2 Å². The minimum absolute atomic E-state index is 0.129. The number of nitrogens with one attached hydrogen (secondary N) is 1. The van der Waals surface area contributed by atoms with Gasteiger partial charge in [-0.25, -0.2) is 13.6 Å². The molecule has 1 aromatic heterocycles. The van der Waals surface area contributed by atoms with Gasteiger partial charge < -0.3 is 15.8 Å². The number of fused-ring (bicyclic) bond motifs is 1. The summed E-state index contributed by atoms with van der Waals surface area (Å²) >= 11 is 0. The van der Waals surface area contributed by atoms with Crippen molar-refractivity contribution in [1.82, 2.24) is 4.98 Å². The minimum atomic E-state index is -0.745. The molecule has 0 amide bonds. The van der Waals surface area contributed by atoms with Crippen molar-refractivity contribution in [3.63, 3.8) is 0 Å². The molecule has 1 heterocycles.